The number of Topliss-reactive ketones (excluding diaryl/α,β-unsaturated/α-hetero) is 1. The van der Waals surface area contributed by atoms with Crippen molar-refractivity contribution in [1.82, 2.24) is 20.9 Å². The van der Waals surface area contributed by atoms with E-state index in [9.17, 15) is 24.0 Å². The summed E-state index contributed by atoms with van der Waals surface area (Å²) in [6.45, 7) is 11.0. The lowest BCUT2D eigenvalue weighted by molar-refractivity contribution is -0.144. The molecule has 5 atom stereocenters. The van der Waals surface area contributed by atoms with Crippen LogP contribution in [-0.2, 0) is 19.2 Å². The van der Waals surface area contributed by atoms with Crippen LogP contribution in [0.25, 0.3) is 0 Å². The maximum Gasteiger partial charge on any atom is 0.315 e. The second-order valence-corrected chi connectivity index (χ2v) is 14.2. The summed E-state index contributed by atoms with van der Waals surface area (Å²) >= 11 is 12.9. The van der Waals surface area contributed by atoms with Gasteiger partial charge in [-0.05, 0) is 38.5 Å². The van der Waals surface area contributed by atoms with Crippen LogP contribution in [0.5, 0.6) is 0 Å². The number of primary amides is 1. The average molecular weight is 561 g/mol. The predicted octanol–water partition coefficient (Wildman–Crippen LogP) is 1.86. The Balaban J connectivity index is 1.83. The van der Waals surface area contributed by atoms with E-state index in [0.29, 0.717) is 6.42 Å². The van der Waals surface area contributed by atoms with Crippen LogP contribution in [0, 0.1) is 23.2 Å². The maximum atomic E-state index is 13.8. The molecule has 12 heteroatoms. The molecular weight excluding hydrogens is 521 g/mol. The molecular formula is C25H39Cl2N5O5. The van der Waals surface area contributed by atoms with Gasteiger partial charge in [0.05, 0.1) is 6.04 Å². The van der Waals surface area contributed by atoms with Gasteiger partial charge in [0.15, 0.2) is 0 Å². The fraction of sp³-hybridized carbons (Fsp3) is 0.800. The van der Waals surface area contributed by atoms with E-state index in [1.165, 1.54) is 4.90 Å². The van der Waals surface area contributed by atoms with Crippen molar-refractivity contribution < 1.29 is 24.0 Å². The Labute approximate surface area is 228 Å². The highest BCUT2D eigenvalue weighted by molar-refractivity contribution is 6.51. The molecule has 2 saturated carbocycles. The summed E-state index contributed by atoms with van der Waals surface area (Å²) in [5.74, 6) is -3.74. The average Bonchev–Trinajstić information content (AvgIpc) is 3.06. The van der Waals surface area contributed by atoms with Gasteiger partial charge in [0.2, 0.25) is 17.6 Å². The van der Waals surface area contributed by atoms with Gasteiger partial charge in [0.25, 0.3) is 5.91 Å². The van der Waals surface area contributed by atoms with Crippen LogP contribution in [0.2, 0.25) is 0 Å². The van der Waals surface area contributed by atoms with Gasteiger partial charge in [-0.1, -0.05) is 40.0 Å². The lowest BCUT2D eigenvalue weighted by atomic mass is 9.80. The number of amides is 5. The van der Waals surface area contributed by atoms with Crippen molar-refractivity contribution >= 4 is 52.7 Å². The van der Waals surface area contributed by atoms with E-state index < -0.39 is 68.9 Å². The fourth-order valence-electron chi connectivity index (χ4n) is 5.18. The summed E-state index contributed by atoms with van der Waals surface area (Å²) in [6.07, 6.45) is 3.13. The number of hydrogen-bond acceptors (Lipinski definition) is 5. The molecule has 1 saturated heterocycles. The second-order valence-electron chi connectivity index (χ2n) is 12.7. The van der Waals surface area contributed by atoms with Gasteiger partial charge >= 0.3 is 6.03 Å². The van der Waals surface area contributed by atoms with Crippen LogP contribution in [0.4, 0.5) is 4.79 Å². The molecule has 5 amide bonds. The highest BCUT2D eigenvalue weighted by Crippen LogP contribution is 2.65. The zero-order valence-electron chi connectivity index (χ0n) is 22.3. The first-order chi connectivity index (χ1) is 16.8. The Hall–Kier alpha value is -2.07. The fourth-order valence-corrected chi connectivity index (χ4v) is 6.00. The van der Waals surface area contributed by atoms with Gasteiger partial charge in [0.1, 0.15) is 16.4 Å². The van der Waals surface area contributed by atoms with E-state index in [2.05, 4.69) is 16.0 Å². The first-order valence-corrected chi connectivity index (χ1v) is 13.5. The molecule has 208 valence electrons. The quantitative estimate of drug-likeness (QED) is 0.264. The first kappa shape index (κ1) is 29.5. The highest BCUT2D eigenvalue weighted by Gasteiger charge is 2.74. The minimum absolute atomic E-state index is 0.126. The lowest BCUT2D eigenvalue weighted by Crippen LogP contribution is -2.62. The molecule has 2 unspecified atom stereocenters. The number of carbonyl (C=O) groups is 5. The van der Waals surface area contributed by atoms with Gasteiger partial charge in [-0.3, -0.25) is 19.2 Å². The molecule has 5 N–H and O–H groups in total. The number of urea groups is 1. The summed E-state index contributed by atoms with van der Waals surface area (Å²) in [4.78, 5) is 65.6. The van der Waals surface area contributed by atoms with Crippen molar-refractivity contribution in [3.63, 3.8) is 0 Å². The van der Waals surface area contributed by atoms with E-state index >= 15 is 0 Å². The van der Waals surface area contributed by atoms with Crippen LogP contribution in [0.15, 0.2) is 0 Å². The van der Waals surface area contributed by atoms with Gasteiger partial charge in [-0.25, -0.2) is 4.79 Å². The second kappa shape index (κ2) is 10.2. The number of rotatable bonds is 8. The van der Waals surface area contributed by atoms with Crippen molar-refractivity contribution in [3.05, 3.63) is 0 Å². The number of halogens is 2. The number of nitrogens with zero attached hydrogens (tertiary/aromatic N) is 1. The number of fused-ring (bicyclic) bond motifs is 1. The number of nitrogens with one attached hydrogen (secondary N) is 3. The molecule has 3 fully saturated rings. The zero-order valence-corrected chi connectivity index (χ0v) is 23.8. The largest absolute Gasteiger partial charge is 0.363 e. The lowest BCUT2D eigenvalue weighted by Gasteiger charge is -2.38. The van der Waals surface area contributed by atoms with Crippen molar-refractivity contribution in [2.24, 2.45) is 28.9 Å². The van der Waals surface area contributed by atoms with Gasteiger partial charge in [-0.2, -0.15) is 0 Å². The van der Waals surface area contributed by atoms with Crippen LogP contribution < -0.4 is 21.7 Å². The SMILES string of the molecule is CC(C)(C)NC(=O)NC(C(=O)N1C[C@@H]2[C@H]([C@H]1C(=O)NC(CC1CCC1)C(=O)C(N)=O)C2(Cl)Cl)C(C)(C)C. The number of likely N-dealkylation sites (tertiary alicyclic amines) is 1. The number of hydrogen-bond donors (Lipinski definition) is 4. The van der Waals surface area contributed by atoms with Gasteiger partial charge in [0, 0.05) is 23.9 Å². The summed E-state index contributed by atoms with van der Waals surface area (Å²) in [6, 6.07) is -3.61. The third-order valence-corrected chi connectivity index (χ3v) is 8.50. The van der Waals surface area contributed by atoms with Gasteiger partial charge in [-0.15, -0.1) is 23.2 Å². The van der Waals surface area contributed by atoms with Gasteiger partial charge < -0.3 is 26.6 Å². The smallest absolute Gasteiger partial charge is 0.315 e. The molecule has 0 aromatic carbocycles. The monoisotopic (exact) mass is 559 g/mol. The number of ketones is 1. The molecule has 37 heavy (non-hydrogen) atoms. The molecule has 2 aliphatic carbocycles. The molecule has 0 aromatic rings. The van der Waals surface area contributed by atoms with Crippen molar-refractivity contribution in [2.75, 3.05) is 6.54 Å². The number of nitrogens with two attached hydrogens (primary N) is 1. The molecule has 0 bridgehead atoms. The highest BCUT2D eigenvalue weighted by atomic mass is 35.5. The predicted molar refractivity (Wildman–Crippen MR) is 140 cm³/mol. The molecule has 0 aromatic heterocycles. The van der Waals surface area contributed by atoms with E-state index in [-0.39, 0.29) is 18.4 Å². The minimum Gasteiger partial charge on any atom is -0.363 e. The number of piperidine rings is 1. The third kappa shape index (κ3) is 6.50. The number of alkyl halides is 2. The Morgan fingerprint density at radius 2 is 1.62 bits per heavy atom. The molecule has 0 spiro atoms. The summed E-state index contributed by atoms with van der Waals surface area (Å²) < 4.78 is -1.19. The summed E-state index contributed by atoms with van der Waals surface area (Å²) in [5.41, 5.74) is 4.03. The van der Waals surface area contributed by atoms with Crippen molar-refractivity contribution in [2.45, 2.75) is 95.2 Å². The van der Waals surface area contributed by atoms with E-state index in [1.807, 2.05) is 41.5 Å². The van der Waals surface area contributed by atoms with Crippen molar-refractivity contribution in [1.29, 1.82) is 0 Å². The van der Waals surface area contributed by atoms with E-state index in [1.54, 1.807) is 0 Å². The molecule has 1 heterocycles. The first-order valence-electron chi connectivity index (χ1n) is 12.8. The molecule has 3 rings (SSSR count). The van der Waals surface area contributed by atoms with Crippen LogP contribution in [0.1, 0.15) is 67.2 Å². The minimum atomic E-state index is -1.19. The summed E-state index contributed by atoms with van der Waals surface area (Å²) in [5, 5.41) is 8.22. The van der Waals surface area contributed by atoms with Crippen LogP contribution >= 0.6 is 23.2 Å². The molecule has 3 aliphatic rings. The zero-order chi connectivity index (χ0) is 28.1. The van der Waals surface area contributed by atoms with E-state index in [4.69, 9.17) is 28.9 Å². The molecule has 10 nitrogen and oxygen atoms in total. The Morgan fingerprint density at radius 1 is 1.03 bits per heavy atom. The Morgan fingerprint density at radius 3 is 2.08 bits per heavy atom. The third-order valence-electron chi connectivity index (χ3n) is 7.43. The standard InChI is InChI=1S/C25H39Cl2N5O5/c1-23(2,3)18(30-22(37)31-24(4,5)6)21(36)32-11-13-15(25(13,26)27)16(32)20(35)29-14(17(33)19(28)34)10-12-8-7-9-12/h12-16,18H,7-11H2,1-6H3,(H2,28,34)(H,29,35)(H2,30,31,37)/t13-,14?,15-,16+,18?/m1/s1. The van der Waals surface area contributed by atoms with Crippen LogP contribution in [-0.4, -0.2) is 69.0 Å². The topological polar surface area (TPSA) is 151 Å². The maximum absolute atomic E-state index is 13.8. The Kier molecular flexibility index (Phi) is 8.16. The van der Waals surface area contributed by atoms with E-state index in [0.717, 1.165) is 19.3 Å². The van der Waals surface area contributed by atoms with Crippen molar-refractivity contribution in [3.8, 4) is 0 Å². The number of carbonyl (C=O) groups excluding carboxylic acids is 5. The summed E-state index contributed by atoms with van der Waals surface area (Å²) in [7, 11) is 0. The molecule has 1 aliphatic heterocycles. The normalized spacial score (nSPS) is 26.3. The Bertz CT molecular complexity index is 969. The van der Waals surface area contributed by atoms with Crippen LogP contribution in [0.3, 0.4) is 0 Å². The molecule has 0 radical (unpaired) electrons.